The Bertz CT molecular complexity index is 876. The highest BCUT2D eigenvalue weighted by atomic mass is 16.2. The fourth-order valence-corrected chi connectivity index (χ4v) is 3.39. The first kappa shape index (κ1) is 17.5. The van der Waals surface area contributed by atoms with E-state index >= 15 is 0 Å². The van der Waals surface area contributed by atoms with Crippen LogP contribution in [0, 0.1) is 6.92 Å². The third kappa shape index (κ3) is 4.25. The quantitative estimate of drug-likeness (QED) is 0.749. The molecule has 1 amide bonds. The van der Waals surface area contributed by atoms with Crippen molar-refractivity contribution in [1.29, 1.82) is 0 Å². The predicted octanol–water partition coefficient (Wildman–Crippen LogP) is 1.79. The molecule has 1 N–H and O–H groups in total. The van der Waals surface area contributed by atoms with Crippen LogP contribution in [0.1, 0.15) is 17.2 Å². The lowest BCUT2D eigenvalue weighted by atomic mass is 10.1. The van der Waals surface area contributed by atoms with Crippen LogP contribution in [0.15, 0.2) is 48.8 Å². The number of benzene rings is 1. The van der Waals surface area contributed by atoms with E-state index in [0.29, 0.717) is 6.42 Å². The van der Waals surface area contributed by atoms with E-state index in [-0.39, 0.29) is 5.91 Å². The van der Waals surface area contributed by atoms with Crippen LogP contribution in [-0.2, 0) is 17.8 Å². The standard InChI is InChI=1S/C20H24N6O/c1-16-21-19(23-22-16)15-24-10-12-26(13-11-24)20(27)14-17-4-6-18(7-5-17)25-8-2-3-9-25/h2-9H,10-15H2,1H3,(H,21,22,23). The summed E-state index contributed by atoms with van der Waals surface area (Å²) < 4.78 is 2.06. The molecule has 0 unspecified atom stereocenters. The summed E-state index contributed by atoms with van der Waals surface area (Å²) in [6.45, 7) is 5.84. The van der Waals surface area contributed by atoms with Gasteiger partial charge in [0, 0.05) is 44.3 Å². The minimum Gasteiger partial charge on any atom is -0.340 e. The van der Waals surface area contributed by atoms with Crippen molar-refractivity contribution >= 4 is 5.91 Å². The van der Waals surface area contributed by atoms with Gasteiger partial charge in [0.2, 0.25) is 5.91 Å². The molecular weight excluding hydrogens is 340 g/mol. The molecule has 1 aliphatic rings. The molecule has 0 aliphatic carbocycles. The molecule has 140 valence electrons. The maximum Gasteiger partial charge on any atom is 0.227 e. The molecule has 2 aromatic heterocycles. The van der Waals surface area contributed by atoms with Crippen LogP contribution in [0.4, 0.5) is 0 Å². The Morgan fingerprint density at radius 1 is 1.07 bits per heavy atom. The van der Waals surface area contributed by atoms with Crippen LogP contribution in [-0.4, -0.2) is 61.6 Å². The van der Waals surface area contributed by atoms with Crippen molar-refractivity contribution in [3.63, 3.8) is 0 Å². The number of nitrogens with zero attached hydrogens (tertiary/aromatic N) is 5. The van der Waals surface area contributed by atoms with Gasteiger partial charge in [-0.25, -0.2) is 4.98 Å². The minimum atomic E-state index is 0.192. The Balaban J connectivity index is 1.28. The molecule has 27 heavy (non-hydrogen) atoms. The number of aromatic amines is 1. The van der Waals surface area contributed by atoms with Crippen LogP contribution >= 0.6 is 0 Å². The molecule has 1 fully saturated rings. The maximum absolute atomic E-state index is 12.6. The van der Waals surface area contributed by atoms with Gasteiger partial charge in [-0.15, -0.1) is 0 Å². The molecule has 0 atom stereocenters. The van der Waals surface area contributed by atoms with Crippen molar-refractivity contribution in [2.45, 2.75) is 19.9 Å². The molecule has 1 aromatic carbocycles. The van der Waals surface area contributed by atoms with E-state index in [2.05, 4.69) is 36.8 Å². The smallest absolute Gasteiger partial charge is 0.227 e. The number of aryl methyl sites for hydroxylation is 1. The number of piperazine rings is 1. The topological polar surface area (TPSA) is 70.1 Å². The molecule has 1 saturated heterocycles. The fourth-order valence-electron chi connectivity index (χ4n) is 3.39. The van der Waals surface area contributed by atoms with E-state index < -0.39 is 0 Å². The zero-order chi connectivity index (χ0) is 18.6. The second kappa shape index (κ2) is 7.75. The number of aromatic nitrogens is 4. The molecular formula is C20H24N6O. The lowest BCUT2D eigenvalue weighted by Gasteiger charge is -2.34. The molecule has 4 rings (SSSR count). The van der Waals surface area contributed by atoms with Gasteiger partial charge in [0.1, 0.15) is 5.82 Å². The molecule has 0 saturated carbocycles. The van der Waals surface area contributed by atoms with Crippen molar-refractivity contribution in [2.24, 2.45) is 0 Å². The van der Waals surface area contributed by atoms with Crippen LogP contribution in [0.5, 0.6) is 0 Å². The second-order valence-corrected chi connectivity index (χ2v) is 6.93. The molecule has 7 nitrogen and oxygen atoms in total. The average Bonchev–Trinajstić information content (AvgIpc) is 3.35. The Morgan fingerprint density at radius 3 is 2.41 bits per heavy atom. The molecule has 3 heterocycles. The second-order valence-electron chi connectivity index (χ2n) is 6.93. The summed E-state index contributed by atoms with van der Waals surface area (Å²) in [5, 5.41) is 7.06. The number of rotatable bonds is 5. The number of H-pyrrole nitrogens is 1. The zero-order valence-electron chi connectivity index (χ0n) is 15.5. The molecule has 1 aliphatic heterocycles. The van der Waals surface area contributed by atoms with Gasteiger partial charge in [-0.1, -0.05) is 12.1 Å². The van der Waals surface area contributed by atoms with E-state index in [1.165, 1.54) is 0 Å². The molecule has 0 bridgehead atoms. The van der Waals surface area contributed by atoms with Crippen LogP contribution in [0.25, 0.3) is 5.69 Å². The van der Waals surface area contributed by atoms with E-state index in [4.69, 9.17) is 0 Å². The number of carbonyl (C=O) groups is 1. The lowest BCUT2D eigenvalue weighted by Crippen LogP contribution is -2.48. The summed E-state index contributed by atoms with van der Waals surface area (Å²) in [6, 6.07) is 12.2. The first-order valence-corrected chi connectivity index (χ1v) is 9.28. The Kier molecular flexibility index (Phi) is 5.02. The van der Waals surface area contributed by atoms with Gasteiger partial charge in [-0.3, -0.25) is 14.8 Å². The van der Waals surface area contributed by atoms with Crippen LogP contribution < -0.4 is 0 Å². The Hall–Kier alpha value is -2.93. The van der Waals surface area contributed by atoms with Gasteiger partial charge < -0.3 is 9.47 Å². The van der Waals surface area contributed by atoms with E-state index in [9.17, 15) is 4.79 Å². The van der Waals surface area contributed by atoms with E-state index in [0.717, 1.165) is 55.6 Å². The van der Waals surface area contributed by atoms with Crippen LogP contribution in [0.3, 0.4) is 0 Å². The summed E-state index contributed by atoms with van der Waals surface area (Å²) in [7, 11) is 0. The maximum atomic E-state index is 12.6. The van der Waals surface area contributed by atoms with Gasteiger partial charge in [0.25, 0.3) is 0 Å². The molecule has 0 spiro atoms. The minimum absolute atomic E-state index is 0.192. The first-order chi connectivity index (χ1) is 13.2. The fraction of sp³-hybridized carbons (Fsp3) is 0.350. The van der Waals surface area contributed by atoms with Crippen molar-refractivity contribution in [3.8, 4) is 5.69 Å². The van der Waals surface area contributed by atoms with Gasteiger partial charge in [0.15, 0.2) is 5.82 Å². The molecule has 0 radical (unpaired) electrons. The predicted molar refractivity (Wildman–Crippen MR) is 102 cm³/mol. The summed E-state index contributed by atoms with van der Waals surface area (Å²) in [5.74, 6) is 1.84. The first-order valence-electron chi connectivity index (χ1n) is 9.28. The third-order valence-electron chi connectivity index (χ3n) is 4.93. The van der Waals surface area contributed by atoms with Gasteiger partial charge in [0.05, 0.1) is 13.0 Å². The van der Waals surface area contributed by atoms with Crippen molar-refractivity contribution in [1.82, 2.24) is 29.5 Å². The highest BCUT2D eigenvalue weighted by molar-refractivity contribution is 5.79. The number of carbonyl (C=O) groups excluding carboxylic acids is 1. The summed E-state index contributed by atoms with van der Waals surface area (Å²) in [5.41, 5.74) is 2.15. The Morgan fingerprint density at radius 2 is 1.78 bits per heavy atom. The number of hydrogen-bond donors (Lipinski definition) is 1. The average molecular weight is 364 g/mol. The van der Waals surface area contributed by atoms with Gasteiger partial charge in [-0.2, -0.15) is 5.10 Å². The highest BCUT2D eigenvalue weighted by Crippen LogP contribution is 2.13. The lowest BCUT2D eigenvalue weighted by molar-refractivity contribution is -0.132. The number of hydrogen-bond acceptors (Lipinski definition) is 4. The van der Waals surface area contributed by atoms with E-state index in [1.54, 1.807) is 0 Å². The molecule has 7 heteroatoms. The summed E-state index contributed by atoms with van der Waals surface area (Å²) in [4.78, 5) is 21.2. The van der Waals surface area contributed by atoms with Crippen molar-refractivity contribution in [3.05, 3.63) is 66.0 Å². The van der Waals surface area contributed by atoms with Gasteiger partial charge >= 0.3 is 0 Å². The summed E-state index contributed by atoms with van der Waals surface area (Å²) in [6.07, 6.45) is 4.48. The monoisotopic (exact) mass is 364 g/mol. The highest BCUT2D eigenvalue weighted by Gasteiger charge is 2.22. The SMILES string of the molecule is Cc1nc(CN2CCN(C(=O)Cc3ccc(-n4cccc4)cc3)CC2)n[nH]1. The third-order valence-corrected chi connectivity index (χ3v) is 4.93. The van der Waals surface area contributed by atoms with Crippen molar-refractivity contribution in [2.75, 3.05) is 26.2 Å². The molecule has 3 aromatic rings. The van der Waals surface area contributed by atoms with Gasteiger partial charge in [-0.05, 0) is 36.8 Å². The zero-order valence-corrected chi connectivity index (χ0v) is 15.5. The van der Waals surface area contributed by atoms with Crippen LogP contribution in [0.2, 0.25) is 0 Å². The largest absolute Gasteiger partial charge is 0.340 e. The normalized spacial score (nSPS) is 15.2. The van der Waals surface area contributed by atoms with E-state index in [1.807, 2.05) is 48.5 Å². The number of amides is 1. The summed E-state index contributed by atoms with van der Waals surface area (Å²) >= 11 is 0. The number of nitrogens with one attached hydrogen (secondary N) is 1. The Labute approximate surface area is 158 Å². The van der Waals surface area contributed by atoms with Crippen molar-refractivity contribution < 1.29 is 4.79 Å².